The average Bonchev–Trinajstić information content (AvgIpc) is 2.69. The third-order valence-corrected chi connectivity index (χ3v) is 6.54. The fraction of sp³-hybridized carbons (Fsp3) is 0.316. The van der Waals surface area contributed by atoms with Crippen LogP contribution in [-0.4, -0.2) is 38.3 Å². The Morgan fingerprint density at radius 3 is 2.37 bits per heavy atom. The number of nitrogens with one attached hydrogen (secondary N) is 1. The highest BCUT2D eigenvalue weighted by molar-refractivity contribution is 7.89. The second-order valence-electron chi connectivity index (χ2n) is 6.25. The normalized spacial score (nSPS) is 15.3. The van der Waals surface area contributed by atoms with Crippen LogP contribution in [0, 0.1) is 0 Å². The summed E-state index contributed by atoms with van der Waals surface area (Å²) in [4.78, 5) is 12.2. The molecular formula is C19H21ClN2O4S. The second-order valence-corrected chi connectivity index (χ2v) is 8.60. The van der Waals surface area contributed by atoms with Gasteiger partial charge >= 0.3 is 0 Å². The van der Waals surface area contributed by atoms with Gasteiger partial charge < -0.3 is 10.1 Å². The molecule has 1 amide bonds. The van der Waals surface area contributed by atoms with Crippen LogP contribution < -0.4 is 10.1 Å². The lowest BCUT2D eigenvalue weighted by Crippen LogP contribution is -2.35. The summed E-state index contributed by atoms with van der Waals surface area (Å²) in [7, 11) is -3.47. The summed E-state index contributed by atoms with van der Waals surface area (Å²) in [6, 6.07) is 13.0. The largest absolute Gasteiger partial charge is 0.484 e. The summed E-state index contributed by atoms with van der Waals surface area (Å²) in [5.41, 5.74) is 0.510. The van der Waals surface area contributed by atoms with Crippen LogP contribution in [0.3, 0.4) is 0 Å². The average molecular weight is 409 g/mol. The molecule has 1 saturated heterocycles. The number of ether oxygens (including phenoxy) is 1. The number of hydrogen-bond donors (Lipinski definition) is 1. The van der Waals surface area contributed by atoms with Gasteiger partial charge in [-0.25, -0.2) is 8.42 Å². The summed E-state index contributed by atoms with van der Waals surface area (Å²) in [6.45, 7) is 0.912. The number of benzene rings is 2. The number of rotatable bonds is 6. The number of nitrogens with zero attached hydrogens (tertiary/aromatic N) is 1. The molecule has 27 heavy (non-hydrogen) atoms. The van der Waals surface area contributed by atoms with E-state index in [2.05, 4.69) is 5.32 Å². The minimum Gasteiger partial charge on any atom is -0.484 e. The Bertz CT molecular complexity index is 894. The second kappa shape index (κ2) is 8.73. The Kier molecular flexibility index (Phi) is 6.36. The van der Waals surface area contributed by atoms with Crippen LogP contribution in [0.1, 0.15) is 19.3 Å². The van der Waals surface area contributed by atoms with Crippen LogP contribution in [0.15, 0.2) is 53.4 Å². The van der Waals surface area contributed by atoms with E-state index in [1.165, 1.54) is 16.4 Å². The molecule has 0 aliphatic carbocycles. The maximum atomic E-state index is 12.6. The first-order valence-electron chi connectivity index (χ1n) is 8.74. The molecule has 1 aliphatic rings. The summed E-state index contributed by atoms with van der Waals surface area (Å²) >= 11 is 5.99. The lowest BCUT2D eigenvalue weighted by atomic mass is 10.2. The minimum absolute atomic E-state index is 0.205. The molecule has 2 aromatic rings. The number of carbonyl (C=O) groups is 1. The van der Waals surface area contributed by atoms with Crippen molar-refractivity contribution in [3.05, 3.63) is 53.6 Å². The van der Waals surface area contributed by atoms with Crippen LogP contribution in [0.4, 0.5) is 5.69 Å². The van der Waals surface area contributed by atoms with Crippen molar-refractivity contribution in [3.63, 3.8) is 0 Å². The van der Waals surface area contributed by atoms with E-state index in [1.54, 1.807) is 36.4 Å². The Hall–Kier alpha value is -2.09. The topological polar surface area (TPSA) is 75.7 Å². The van der Waals surface area contributed by atoms with E-state index < -0.39 is 10.0 Å². The Morgan fingerprint density at radius 2 is 1.70 bits per heavy atom. The van der Waals surface area contributed by atoms with Crippen LogP contribution in [0.2, 0.25) is 5.02 Å². The molecule has 6 nitrogen and oxygen atoms in total. The molecule has 0 unspecified atom stereocenters. The molecule has 0 atom stereocenters. The van der Waals surface area contributed by atoms with Crippen LogP contribution >= 0.6 is 11.6 Å². The fourth-order valence-electron chi connectivity index (χ4n) is 2.86. The van der Waals surface area contributed by atoms with Gasteiger partial charge in [0.1, 0.15) is 5.75 Å². The van der Waals surface area contributed by atoms with E-state index >= 15 is 0 Å². The van der Waals surface area contributed by atoms with Gasteiger partial charge in [-0.1, -0.05) is 30.2 Å². The van der Waals surface area contributed by atoms with E-state index in [-0.39, 0.29) is 17.4 Å². The zero-order chi connectivity index (χ0) is 19.3. The molecule has 0 bridgehead atoms. The van der Waals surface area contributed by atoms with Gasteiger partial charge in [-0.3, -0.25) is 4.79 Å². The number of carbonyl (C=O) groups excluding carboxylic acids is 1. The number of hydrogen-bond acceptors (Lipinski definition) is 4. The number of para-hydroxylation sites is 1. The first kappa shape index (κ1) is 19.7. The van der Waals surface area contributed by atoms with Gasteiger partial charge in [0.2, 0.25) is 10.0 Å². The van der Waals surface area contributed by atoms with Gasteiger partial charge in [-0.05, 0) is 49.2 Å². The Balaban J connectivity index is 1.57. The van der Waals surface area contributed by atoms with Crippen LogP contribution in [0.5, 0.6) is 5.75 Å². The van der Waals surface area contributed by atoms with Crippen molar-refractivity contribution in [2.75, 3.05) is 25.0 Å². The molecule has 0 spiro atoms. The lowest BCUT2D eigenvalue weighted by molar-refractivity contribution is -0.118. The molecule has 0 aromatic heterocycles. The van der Waals surface area contributed by atoms with Crippen LogP contribution in [-0.2, 0) is 14.8 Å². The van der Waals surface area contributed by atoms with Gasteiger partial charge in [0.15, 0.2) is 6.61 Å². The van der Waals surface area contributed by atoms with Crippen molar-refractivity contribution < 1.29 is 17.9 Å². The molecular weight excluding hydrogens is 388 g/mol. The van der Waals surface area contributed by atoms with E-state index in [0.717, 1.165) is 19.3 Å². The summed E-state index contributed by atoms with van der Waals surface area (Å²) in [5.74, 6) is 0.0648. The van der Waals surface area contributed by atoms with Crippen molar-refractivity contribution >= 4 is 33.2 Å². The zero-order valence-electron chi connectivity index (χ0n) is 14.7. The SMILES string of the molecule is O=C(COc1ccc(S(=O)(=O)N2CCCCC2)cc1)Nc1ccccc1Cl. The first-order valence-corrected chi connectivity index (χ1v) is 10.6. The molecule has 1 heterocycles. The monoisotopic (exact) mass is 408 g/mol. The predicted octanol–water partition coefficient (Wildman–Crippen LogP) is 3.53. The highest BCUT2D eigenvalue weighted by Crippen LogP contribution is 2.23. The van der Waals surface area contributed by atoms with E-state index in [1.807, 2.05) is 0 Å². The number of amides is 1. The van der Waals surface area contributed by atoms with Crippen molar-refractivity contribution in [1.29, 1.82) is 0 Å². The van der Waals surface area contributed by atoms with Crippen LogP contribution in [0.25, 0.3) is 0 Å². The standard InChI is InChI=1S/C19H21ClN2O4S/c20-17-6-2-3-7-18(17)21-19(23)14-26-15-8-10-16(11-9-15)27(24,25)22-12-4-1-5-13-22/h2-3,6-11H,1,4-5,12-14H2,(H,21,23). The maximum absolute atomic E-state index is 12.6. The Labute approximate surface area is 164 Å². The number of anilines is 1. The van der Waals surface area contributed by atoms with Gasteiger partial charge in [-0.15, -0.1) is 0 Å². The first-order chi connectivity index (χ1) is 13.0. The molecule has 3 rings (SSSR count). The van der Waals surface area contributed by atoms with E-state index in [4.69, 9.17) is 16.3 Å². The van der Waals surface area contributed by atoms with Gasteiger partial charge in [-0.2, -0.15) is 4.31 Å². The predicted molar refractivity (Wildman–Crippen MR) is 105 cm³/mol. The molecule has 0 radical (unpaired) electrons. The van der Waals surface area contributed by atoms with Crippen molar-refractivity contribution in [1.82, 2.24) is 4.31 Å². The van der Waals surface area contributed by atoms with Gasteiger partial charge in [0.25, 0.3) is 5.91 Å². The molecule has 8 heteroatoms. The third kappa shape index (κ3) is 5.00. The maximum Gasteiger partial charge on any atom is 0.262 e. The molecule has 1 aliphatic heterocycles. The van der Waals surface area contributed by atoms with E-state index in [0.29, 0.717) is 29.5 Å². The van der Waals surface area contributed by atoms with Crippen molar-refractivity contribution in [3.8, 4) is 5.75 Å². The molecule has 144 valence electrons. The molecule has 0 saturated carbocycles. The van der Waals surface area contributed by atoms with Gasteiger partial charge in [0.05, 0.1) is 15.6 Å². The summed E-state index contributed by atoms with van der Waals surface area (Å²) < 4.78 is 32.2. The smallest absolute Gasteiger partial charge is 0.262 e. The quantitative estimate of drug-likeness (QED) is 0.793. The molecule has 1 fully saturated rings. The molecule has 2 aromatic carbocycles. The number of piperidine rings is 1. The molecule has 1 N–H and O–H groups in total. The van der Waals surface area contributed by atoms with E-state index in [9.17, 15) is 13.2 Å². The zero-order valence-corrected chi connectivity index (χ0v) is 16.3. The highest BCUT2D eigenvalue weighted by Gasteiger charge is 2.25. The van der Waals surface area contributed by atoms with Gasteiger partial charge in [0, 0.05) is 13.1 Å². The lowest BCUT2D eigenvalue weighted by Gasteiger charge is -2.25. The third-order valence-electron chi connectivity index (χ3n) is 4.29. The summed E-state index contributed by atoms with van der Waals surface area (Å²) in [5, 5.41) is 3.10. The Morgan fingerprint density at radius 1 is 1.04 bits per heavy atom. The minimum atomic E-state index is -3.47. The summed E-state index contributed by atoms with van der Waals surface area (Å²) in [6.07, 6.45) is 2.84. The fourth-order valence-corrected chi connectivity index (χ4v) is 4.56. The number of halogens is 1. The number of sulfonamides is 1. The highest BCUT2D eigenvalue weighted by atomic mass is 35.5. The van der Waals surface area contributed by atoms with Crippen molar-refractivity contribution in [2.24, 2.45) is 0 Å². The van der Waals surface area contributed by atoms with Crippen molar-refractivity contribution in [2.45, 2.75) is 24.2 Å².